The van der Waals surface area contributed by atoms with Crippen molar-refractivity contribution < 1.29 is 4.79 Å². The molecule has 0 radical (unpaired) electrons. The SMILES string of the molecule is O=C1C2C(=NC(c3ccc(Cl)cc3)N1c1ccc(Cl)cc1)NC(=S)NC2c1ccc(Cl)cc1. The highest BCUT2D eigenvalue weighted by Gasteiger charge is 2.46. The molecule has 0 aliphatic carbocycles. The van der Waals surface area contributed by atoms with Gasteiger partial charge in [-0.05, 0) is 71.9 Å². The fourth-order valence-electron chi connectivity index (χ4n) is 4.12. The summed E-state index contributed by atoms with van der Waals surface area (Å²) in [6.45, 7) is 0. The molecule has 0 saturated carbocycles. The van der Waals surface area contributed by atoms with E-state index in [1.807, 2.05) is 36.4 Å². The summed E-state index contributed by atoms with van der Waals surface area (Å²) in [6, 6.07) is 21.4. The van der Waals surface area contributed by atoms with E-state index in [0.29, 0.717) is 31.7 Å². The number of fused-ring (bicyclic) bond motifs is 1. The Morgan fingerprint density at radius 3 is 1.88 bits per heavy atom. The minimum atomic E-state index is -0.614. The van der Waals surface area contributed by atoms with Gasteiger partial charge in [0.1, 0.15) is 11.8 Å². The smallest absolute Gasteiger partial charge is 0.242 e. The van der Waals surface area contributed by atoms with Gasteiger partial charge >= 0.3 is 0 Å². The summed E-state index contributed by atoms with van der Waals surface area (Å²) >= 11 is 23.7. The molecule has 5 rings (SSSR count). The van der Waals surface area contributed by atoms with Crippen molar-refractivity contribution in [1.82, 2.24) is 10.6 Å². The maximum Gasteiger partial charge on any atom is 0.242 e. The van der Waals surface area contributed by atoms with Crippen molar-refractivity contribution in [2.24, 2.45) is 10.9 Å². The van der Waals surface area contributed by atoms with Gasteiger partial charge in [-0.2, -0.15) is 0 Å². The molecule has 2 aliphatic heterocycles. The molecular formula is C24H17Cl3N4OS. The van der Waals surface area contributed by atoms with Gasteiger partial charge in [0.15, 0.2) is 11.3 Å². The van der Waals surface area contributed by atoms with Crippen molar-refractivity contribution in [3.63, 3.8) is 0 Å². The van der Waals surface area contributed by atoms with Crippen LogP contribution in [0, 0.1) is 5.92 Å². The van der Waals surface area contributed by atoms with E-state index >= 15 is 0 Å². The van der Waals surface area contributed by atoms with Crippen molar-refractivity contribution in [2.45, 2.75) is 12.2 Å². The molecule has 0 aromatic heterocycles. The molecule has 1 amide bonds. The van der Waals surface area contributed by atoms with Crippen LogP contribution in [0.3, 0.4) is 0 Å². The zero-order valence-corrected chi connectivity index (χ0v) is 20.1. The van der Waals surface area contributed by atoms with Gasteiger partial charge in [-0.25, -0.2) is 4.99 Å². The van der Waals surface area contributed by atoms with Gasteiger partial charge in [0, 0.05) is 20.8 Å². The molecular weight excluding hydrogens is 499 g/mol. The minimum Gasteiger partial charge on any atom is -0.354 e. The lowest BCUT2D eigenvalue weighted by Crippen LogP contribution is -2.61. The van der Waals surface area contributed by atoms with Gasteiger partial charge in [0.05, 0.1) is 6.04 Å². The van der Waals surface area contributed by atoms with Crippen molar-refractivity contribution in [1.29, 1.82) is 0 Å². The highest BCUT2D eigenvalue weighted by Crippen LogP contribution is 2.39. The Morgan fingerprint density at radius 1 is 0.788 bits per heavy atom. The molecule has 2 heterocycles. The summed E-state index contributed by atoms with van der Waals surface area (Å²) in [7, 11) is 0. The Hall–Kier alpha value is -2.64. The van der Waals surface area contributed by atoms with Crippen LogP contribution in [0.25, 0.3) is 0 Å². The van der Waals surface area contributed by atoms with Gasteiger partial charge in [-0.3, -0.25) is 9.69 Å². The van der Waals surface area contributed by atoms with E-state index in [2.05, 4.69) is 10.6 Å². The van der Waals surface area contributed by atoms with Crippen LogP contribution >= 0.6 is 47.0 Å². The Labute approximate surface area is 211 Å². The molecule has 0 bridgehead atoms. The third-order valence-electron chi connectivity index (χ3n) is 5.67. The van der Waals surface area contributed by atoms with E-state index in [1.165, 1.54) is 0 Å². The molecule has 33 heavy (non-hydrogen) atoms. The summed E-state index contributed by atoms with van der Waals surface area (Å²) in [5.74, 6) is -0.212. The quantitative estimate of drug-likeness (QED) is 0.425. The van der Waals surface area contributed by atoms with Gasteiger partial charge in [-0.1, -0.05) is 59.1 Å². The average molecular weight is 516 g/mol. The third-order valence-corrected chi connectivity index (χ3v) is 6.64. The van der Waals surface area contributed by atoms with Crippen LogP contribution in [-0.4, -0.2) is 16.9 Å². The lowest BCUT2D eigenvalue weighted by molar-refractivity contribution is -0.122. The lowest BCUT2D eigenvalue weighted by atomic mass is 9.87. The Kier molecular flexibility index (Phi) is 6.01. The second-order valence-electron chi connectivity index (χ2n) is 7.73. The number of aliphatic imine (C=N–C) groups is 1. The number of hydrogen-bond acceptors (Lipinski definition) is 3. The lowest BCUT2D eigenvalue weighted by Gasteiger charge is -2.43. The molecule has 9 heteroatoms. The first-order chi connectivity index (χ1) is 15.9. The van der Waals surface area contributed by atoms with Gasteiger partial charge in [0.25, 0.3) is 0 Å². The average Bonchev–Trinajstić information content (AvgIpc) is 2.80. The zero-order chi connectivity index (χ0) is 23.1. The van der Waals surface area contributed by atoms with Crippen LogP contribution < -0.4 is 15.5 Å². The van der Waals surface area contributed by atoms with Gasteiger partial charge in [-0.15, -0.1) is 0 Å². The van der Waals surface area contributed by atoms with E-state index in [1.54, 1.807) is 41.3 Å². The predicted molar refractivity (Wildman–Crippen MR) is 137 cm³/mol. The van der Waals surface area contributed by atoms with E-state index in [4.69, 9.17) is 52.0 Å². The molecule has 5 nitrogen and oxygen atoms in total. The first-order valence-electron chi connectivity index (χ1n) is 10.2. The number of nitrogens with one attached hydrogen (secondary N) is 2. The van der Waals surface area contributed by atoms with E-state index < -0.39 is 18.1 Å². The molecule has 3 unspecified atom stereocenters. The Morgan fingerprint density at radius 2 is 1.30 bits per heavy atom. The molecule has 3 aromatic rings. The van der Waals surface area contributed by atoms with Crippen LogP contribution in [0.4, 0.5) is 5.69 Å². The molecule has 2 aliphatic rings. The van der Waals surface area contributed by atoms with Crippen molar-refractivity contribution in [3.05, 3.63) is 99.0 Å². The van der Waals surface area contributed by atoms with E-state index in [-0.39, 0.29) is 5.91 Å². The number of amidine groups is 1. The fourth-order valence-corrected chi connectivity index (χ4v) is 4.73. The summed E-state index contributed by atoms with van der Waals surface area (Å²) in [4.78, 5) is 20.7. The third kappa shape index (κ3) is 4.32. The standard InChI is InChI=1S/C24H17Cl3N4OS/c25-15-5-1-13(2-6-15)20-19-21(30-24(33)28-20)29-22(14-3-7-16(26)8-4-14)31(23(19)32)18-11-9-17(27)10-12-18/h1-12,19-20,22H,(H2,28,29,30,33). The van der Waals surface area contributed by atoms with E-state index in [0.717, 1.165) is 11.1 Å². The maximum absolute atomic E-state index is 14.1. The van der Waals surface area contributed by atoms with Gasteiger partial charge < -0.3 is 10.6 Å². The molecule has 0 spiro atoms. The fraction of sp³-hybridized carbons (Fsp3) is 0.125. The Bertz CT molecular complexity index is 1250. The molecule has 3 atom stereocenters. The molecule has 1 fully saturated rings. The summed E-state index contributed by atoms with van der Waals surface area (Å²) < 4.78 is 0. The highest BCUT2D eigenvalue weighted by molar-refractivity contribution is 7.80. The molecule has 1 saturated heterocycles. The minimum absolute atomic E-state index is 0.121. The second kappa shape index (κ2) is 8.95. The van der Waals surface area contributed by atoms with Gasteiger partial charge in [0.2, 0.25) is 5.91 Å². The number of anilines is 1. The zero-order valence-electron chi connectivity index (χ0n) is 17.0. The normalized spacial score (nSPS) is 22.2. The second-order valence-corrected chi connectivity index (χ2v) is 9.45. The Balaban J connectivity index is 1.65. The summed E-state index contributed by atoms with van der Waals surface area (Å²) in [5.41, 5.74) is 2.40. The first kappa shape index (κ1) is 22.2. The predicted octanol–water partition coefficient (Wildman–Crippen LogP) is 5.93. The molecule has 3 aromatic carbocycles. The number of rotatable bonds is 3. The van der Waals surface area contributed by atoms with Crippen LogP contribution in [-0.2, 0) is 4.79 Å². The van der Waals surface area contributed by atoms with Crippen molar-refractivity contribution in [2.75, 3.05) is 4.90 Å². The number of amides is 1. The van der Waals surface area contributed by atoms with E-state index in [9.17, 15) is 4.79 Å². The molecule has 166 valence electrons. The molecule has 2 N–H and O–H groups in total. The number of thiocarbonyl (C=S) groups is 1. The first-order valence-corrected chi connectivity index (χ1v) is 11.7. The summed E-state index contributed by atoms with van der Waals surface area (Å²) in [6.07, 6.45) is -0.596. The van der Waals surface area contributed by atoms with Crippen molar-refractivity contribution >= 4 is 69.6 Å². The largest absolute Gasteiger partial charge is 0.354 e. The monoisotopic (exact) mass is 514 g/mol. The number of carbonyl (C=O) groups excluding carboxylic acids is 1. The summed E-state index contributed by atoms with van der Waals surface area (Å²) in [5, 5.41) is 8.55. The van der Waals surface area contributed by atoms with Crippen LogP contribution in [0.5, 0.6) is 0 Å². The number of nitrogens with zero attached hydrogens (tertiary/aromatic N) is 2. The van der Waals surface area contributed by atoms with Crippen LogP contribution in [0.2, 0.25) is 15.1 Å². The van der Waals surface area contributed by atoms with Crippen LogP contribution in [0.15, 0.2) is 77.8 Å². The van der Waals surface area contributed by atoms with Crippen LogP contribution in [0.1, 0.15) is 23.3 Å². The number of halogens is 3. The highest BCUT2D eigenvalue weighted by atomic mass is 35.5. The topological polar surface area (TPSA) is 56.7 Å². The number of benzene rings is 3. The number of hydrogen-bond donors (Lipinski definition) is 2. The number of carbonyl (C=O) groups is 1. The maximum atomic E-state index is 14.1. The van der Waals surface area contributed by atoms with Crippen molar-refractivity contribution in [3.8, 4) is 0 Å².